The Morgan fingerprint density at radius 3 is 2.95 bits per heavy atom. The zero-order chi connectivity index (χ0) is 15.4. The van der Waals surface area contributed by atoms with Crippen molar-refractivity contribution in [2.24, 2.45) is 0 Å². The normalized spacial score (nSPS) is 18.6. The summed E-state index contributed by atoms with van der Waals surface area (Å²) in [4.78, 5) is 24.7. The van der Waals surface area contributed by atoms with Gasteiger partial charge in [-0.2, -0.15) is 0 Å². The maximum Gasteiger partial charge on any atom is 0.334 e. The van der Waals surface area contributed by atoms with Gasteiger partial charge in [-0.25, -0.2) is 9.18 Å². The van der Waals surface area contributed by atoms with Crippen LogP contribution in [0.5, 0.6) is 0 Å². The summed E-state index contributed by atoms with van der Waals surface area (Å²) >= 11 is 0. The number of amides is 1. The Hall–Kier alpha value is -1.99. The van der Waals surface area contributed by atoms with Crippen molar-refractivity contribution in [2.45, 2.75) is 12.7 Å². The number of hydrogen-bond donors (Lipinski definition) is 1. The summed E-state index contributed by atoms with van der Waals surface area (Å²) in [5, 5.41) is 8.93. The minimum atomic E-state index is -1.10. The number of benzene rings is 1. The van der Waals surface area contributed by atoms with Crippen LogP contribution >= 0.6 is 0 Å². The van der Waals surface area contributed by atoms with E-state index in [9.17, 15) is 14.0 Å². The molecule has 0 unspecified atom stereocenters. The van der Waals surface area contributed by atoms with Crippen molar-refractivity contribution in [3.63, 3.8) is 0 Å². The number of carboxylic acids is 1. The summed E-state index contributed by atoms with van der Waals surface area (Å²) in [5.41, 5.74) is 0.584. The molecule has 0 aromatic heterocycles. The second-order valence-electron chi connectivity index (χ2n) is 4.69. The first-order valence-corrected chi connectivity index (χ1v) is 6.44. The predicted octanol–water partition coefficient (Wildman–Crippen LogP) is 0.898. The number of methoxy groups -OCH3 is 1. The molecule has 0 radical (unpaired) electrons. The molecule has 21 heavy (non-hydrogen) atoms. The molecule has 1 fully saturated rings. The lowest BCUT2D eigenvalue weighted by Gasteiger charge is -2.31. The van der Waals surface area contributed by atoms with E-state index in [0.29, 0.717) is 12.1 Å². The molecule has 1 heterocycles. The fourth-order valence-corrected chi connectivity index (χ4v) is 2.14. The summed E-state index contributed by atoms with van der Waals surface area (Å²) in [5.74, 6) is -1.90. The van der Waals surface area contributed by atoms with E-state index in [1.54, 1.807) is 0 Å². The standard InChI is InChI=1S/C14H16FNO5/c1-20-8-10-6-9(2-3-11(10)15)13(17)16-4-5-21-12(7-16)14(18)19/h2-3,6,12H,4-5,7-8H2,1H3,(H,18,19)/t12-/m0/s1. The minimum absolute atomic E-state index is 0.0227. The molecule has 0 bridgehead atoms. The van der Waals surface area contributed by atoms with E-state index in [0.717, 1.165) is 0 Å². The minimum Gasteiger partial charge on any atom is -0.479 e. The lowest BCUT2D eigenvalue weighted by atomic mass is 10.1. The first kappa shape index (κ1) is 15.4. The molecule has 1 amide bonds. The smallest absolute Gasteiger partial charge is 0.334 e. The zero-order valence-electron chi connectivity index (χ0n) is 11.5. The molecular formula is C14H16FNO5. The third-order valence-electron chi connectivity index (χ3n) is 3.22. The molecule has 0 spiro atoms. The van der Waals surface area contributed by atoms with Crippen LogP contribution in [0.25, 0.3) is 0 Å². The lowest BCUT2D eigenvalue weighted by molar-refractivity contribution is -0.154. The average molecular weight is 297 g/mol. The van der Waals surface area contributed by atoms with Crippen LogP contribution in [0.2, 0.25) is 0 Å². The van der Waals surface area contributed by atoms with Crippen LogP contribution in [0.4, 0.5) is 4.39 Å². The van der Waals surface area contributed by atoms with Crippen molar-refractivity contribution in [2.75, 3.05) is 26.8 Å². The third kappa shape index (κ3) is 3.56. The monoisotopic (exact) mass is 297 g/mol. The van der Waals surface area contributed by atoms with Crippen molar-refractivity contribution in [1.82, 2.24) is 4.90 Å². The van der Waals surface area contributed by atoms with Crippen LogP contribution in [0, 0.1) is 5.82 Å². The summed E-state index contributed by atoms with van der Waals surface area (Å²) in [7, 11) is 1.44. The molecular weight excluding hydrogens is 281 g/mol. The average Bonchev–Trinajstić information content (AvgIpc) is 2.49. The van der Waals surface area contributed by atoms with Crippen molar-refractivity contribution in [1.29, 1.82) is 0 Å². The largest absolute Gasteiger partial charge is 0.479 e. The molecule has 1 atom stereocenters. The number of nitrogens with zero attached hydrogens (tertiary/aromatic N) is 1. The van der Waals surface area contributed by atoms with Gasteiger partial charge in [0.2, 0.25) is 0 Å². The number of morpholine rings is 1. The fraction of sp³-hybridized carbons (Fsp3) is 0.429. The number of hydrogen-bond acceptors (Lipinski definition) is 4. The first-order valence-electron chi connectivity index (χ1n) is 6.44. The van der Waals surface area contributed by atoms with E-state index in [1.807, 2.05) is 0 Å². The van der Waals surface area contributed by atoms with E-state index in [4.69, 9.17) is 14.6 Å². The lowest BCUT2D eigenvalue weighted by Crippen LogP contribution is -2.48. The predicted molar refractivity (Wildman–Crippen MR) is 70.4 cm³/mol. The molecule has 1 aliphatic heterocycles. The molecule has 0 saturated carbocycles. The Morgan fingerprint density at radius 2 is 2.29 bits per heavy atom. The van der Waals surface area contributed by atoms with Crippen molar-refractivity contribution in [3.8, 4) is 0 Å². The maximum atomic E-state index is 13.5. The Balaban J connectivity index is 2.15. The molecule has 1 N–H and O–H groups in total. The third-order valence-corrected chi connectivity index (χ3v) is 3.22. The van der Waals surface area contributed by atoms with Gasteiger partial charge in [-0.3, -0.25) is 4.79 Å². The molecule has 6 nitrogen and oxygen atoms in total. The van der Waals surface area contributed by atoms with Gasteiger partial charge < -0.3 is 19.5 Å². The molecule has 1 aromatic rings. The Labute approximate surface area is 121 Å². The fourth-order valence-electron chi connectivity index (χ4n) is 2.14. The Morgan fingerprint density at radius 1 is 1.52 bits per heavy atom. The maximum absolute atomic E-state index is 13.5. The van der Waals surface area contributed by atoms with Crippen LogP contribution in [-0.4, -0.2) is 54.8 Å². The van der Waals surface area contributed by atoms with Gasteiger partial charge in [0.05, 0.1) is 19.8 Å². The summed E-state index contributed by atoms with van der Waals surface area (Å²) < 4.78 is 23.5. The van der Waals surface area contributed by atoms with Gasteiger partial charge in [-0.1, -0.05) is 0 Å². The second kappa shape index (κ2) is 6.64. The number of carbonyl (C=O) groups is 2. The van der Waals surface area contributed by atoms with Crippen LogP contribution in [0.3, 0.4) is 0 Å². The van der Waals surface area contributed by atoms with Crippen LogP contribution in [0.15, 0.2) is 18.2 Å². The van der Waals surface area contributed by atoms with Gasteiger partial charge in [0.1, 0.15) is 5.82 Å². The van der Waals surface area contributed by atoms with Crippen molar-refractivity contribution < 1.29 is 28.6 Å². The van der Waals surface area contributed by atoms with Gasteiger partial charge in [0.15, 0.2) is 6.10 Å². The summed E-state index contributed by atoms with van der Waals surface area (Å²) in [6, 6.07) is 4.01. The van der Waals surface area contributed by atoms with Crippen molar-refractivity contribution in [3.05, 3.63) is 35.1 Å². The van der Waals surface area contributed by atoms with Crippen LogP contribution in [0.1, 0.15) is 15.9 Å². The van der Waals surface area contributed by atoms with E-state index < -0.39 is 17.9 Å². The summed E-state index contributed by atoms with van der Waals surface area (Å²) in [6.45, 7) is 0.507. The van der Waals surface area contributed by atoms with E-state index >= 15 is 0 Å². The Kier molecular flexibility index (Phi) is 4.87. The molecule has 114 valence electrons. The highest BCUT2D eigenvalue weighted by atomic mass is 19.1. The van der Waals surface area contributed by atoms with E-state index in [2.05, 4.69) is 0 Å². The number of carbonyl (C=O) groups excluding carboxylic acids is 1. The number of aliphatic carboxylic acids is 1. The van der Waals surface area contributed by atoms with Gasteiger partial charge >= 0.3 is 5.97 Å². The molecule has 7 heteroatoms. The Bertz CT molecular complexity index is 548. The number of ether oxygens (including phenoxy) is 2. The number of rotatable bonds is 4. The van der Waals surface area contributed by atoms with Gasteiger partial charge in [0.25, 0.3) is 5.91 Å². The SMILES string of the molecule is COCc1cc(C(=O)N2CCO[C@H](C(=O)O)C2)ccc1F. The van der Waals surface area contributed by atoms with Gasteiger partial charge in [0, 0.05) is 24.8 Å². The number of carboxylic acid groups (broad SMARTS) is 1. The van der Waals surface area contributed by atoms with E-state index in [-0.39, 0.29) is 31.2 Å². The van der Waals surface area contributed by atoms with E-state index in [1.165, 1.54) is 30.2 Å². The molecule has 1 aliphatic rings. The summed E-state index contributed by atoms with van der Waals surface area (Å²) in [6.07, 6.45) is -1.03. The molecule has 1 aromatic carbocycles. The highest BCUT2D eigenvalue weighted by Gasteiger charge is 2.29. The highest BCUT2D eigenvalue weighted by Crippen LogP contribution is 2.15. The number of halogens is 1. The zero-order valence-corrected chi connectivity index (χ0v) is 11.5. The highest BCUT2D eigenvalue weighted by molar-refractivity contribution is 5.94. The van der Waals surface area contributed by atoms with Crippen LogP contribution < -0.4 is 0 Å². The first-order chi connectivity index (χ1) is 10.0. The molecule has 0 aliphatic carbocycles. The molecule has 1 saturated heterocycles. The van der Waals surface area contributed by atoms with Gasteiger partial charge in [-0.15, -0.1) is 0 Å². The van der Waals surface area contributed by atoms with Crippen molar-refractivity contribution >= 4 is 11.9 Å². The van der Waals surface area contributed by atoms with Crippen LogP contribution in [-0.2, 0) is 20.9 Å². The molecule has 2 rings (SSSR count). The topological polar surface area (TPSA) is 76.1 Å². The second-order valence-corrected chi connectivity index (χ2v) is 4.69. The quantitative estimate of drug-likeness (QED) is 0.893. The van der Waals surface area contributed by atoms with Gasteiger partial charge in [-0.05, 0) is 18.2 Å².